The highest BCUT2D eigenvalue weighted by atomic mass is 16.7. The van der Waals surface area contributed by atoms with Gasteiger partial charge in [0.1, 0.15) is 89.7 Å². The number of carbonyl (C=O) groups excluding carboxylic acids is 1. The zero-order chi connectivity index (χ0) is 35.7. The molecule has 264 valence electrons. The normalized spacial score (nSPS) is 30.0. The lowest BCUT2D eigenvalue weighted by molar-refractivity contribution is -0.278. The smallest absolute Gasteiger partial charge is 0.335 e. The van der Waals surface area contributed by atoms with Crippen LogP contribution < -0.4 is 14.9 Å². The van der Waals surface area contributed by atoms with Gasteiger partial charge in [-0.3, -0.25) is 14.4 Å². The van der Waals surface area contributed by atoms with E-state index in [0.29, 0.717) is 5.56 Å². The minimum Gasteiger partial charge on any atom is -0.507 e. The van der Waals surface area contributed by atoms with Crippen LogP contribution >= 0.6 is 0 Å². The van der Waals surface area contributed by atoms with Gasteiger partial charge in [-0.2, -0.15) is 0 Å². The summed E-state index contributed by atoms with van der Waals surface area (Å²) in [5, 5.41) is 89.2. The standard InChI is InChI=1S/C30H30O19/c31-13-5-12(46-30-26(41)23(38)24(39)27(49-30)28(42)43)6-16-20(13)14(32)7-15(47-16)10-1-3-11(4-2-10)45-29-25(40)22(37)21(36)17(48-29)9-44-19(35)8-18(33)34/h1-7,17,21-27,29-31,36-41H,8-9H2,(H,33,34)(H,42,43)/t17-,21+,22-,23+,24+,25-,26-,27+,29-,30-/m1/s1. The van der Waals surface area contributed by atoms with Gasteiger partial charge in [0.25, 0.3) is 0 Å². The lowest BCUT2D eigenvalue weighted by Crippen LogP contribution is -2.61. The van der Waals surface area contributed by atoms with E-state index in [4.69, 9.17) is 33.2 Å². The molecule has 0 radical (unpaired) electrons. The largest absolute Gasteiger partial charge is 0.507 e. The number of carbonyl (C=O) groups is 3. The monoisotopic (exact) mass is 694 g/mol. The molecule has 2 saturated heterocycles. The minimum atomic E-state index is -1.96. The number of aliphatic hydroxyl groups is 6. The van der Waals surface area contributed by atoms with Gasteiger partial charge in [0.05, 0.1) is 0 Å². The van der Waals surface area contributed by atoms with Crippen LogP contribution in [0.15, 0.2) is 51.7 Å². The van der Waals surface area contributed by atoms with Crippen LogP contribution in [0.4, 0.5) is 0 Å². The molecule has 49 heavy (non-hydrogen) atoms. The van der Waals surface area contributed by atoms with Crippen molar-refractivity contribution in [3.8, 4) is 28.6 Å². The molecule has 0 aliphatic carbocycles. The van der Waals surface area contributed by atoms with Crippen molar-refractivity contribution in [1.29, 1.82) is 0 Å². The number of aromatic hydroxyl groups is 1. The third-order valence-electron chi connectivity index (χ3n) is 7.61. The second-order valence-electron chi connectivity index (χ2n) is 11.1. The van der Waals surface area contributed by atoms with Gasteiger partial charge >= 0.3 is 17.9 Å². The second-order valence-corrected chi connectivity index (χ2v) is 11.1. The van der Waals surface area contributed by atoms with E-state index in [1.165, 1.54) is 24.3 Å². The van der Waals surface area contributed by atoms with Crippen molar-refractivity contribution in [2.75, 3.05) is 6.61 Å². The molecule has 2 aromatic carbocycles. The molecule has 0 bridgehead atoms. The Labute approximate surface area is 273 Å². The number of carboxylic acids is 2. The molecule has 19 nitrogen and oxygen atoms in total. The Morgan fingerprint density at radius 2 is 1.35 bits per heavy atom. The Kier molecular flexibility index (Phi) is 10.4. The molecule has 2 fully saturated rings. The number of hydrogen-bond donors (Lipinski definition) is 9. The van der Waals surface area contributed by atoms with Gasteiger partial charge in [0.2, 0.25) is 12.6 Å². The maximum absolute atomic E-state index is 12.9. The fourth-order valence-corrected chi connectivity index (χ4v) is 5.07. The Bertz CT molecular complexity index is 1750. The van der Waals surface area contributed by atoms with E-state index in [-0.39, 0.29) is 28.2 Å². The van der Waals surface area contributed by atoms with Crippen molar-refractivity contribution in [3.05, 3.63) is 52.7 Å². The van der Waals surface area contributed by atoms with Crippen LogP contribution in [0.25, 0.3) is 22.3 Å². The molecule has 3 aromatic rings. The van der Waals surface area contributed by atoms with Crippen LogP contribution in [0.2, 0.25) is 0 Å². The molecule has 5 rings (SSSR count). The predicted octanol–water partition coefficient (Wildman–Crippen LogP) is -2.36. The second kappa shape index (κ2) is 14.3. The molecule has 3 heterocycles. The summed E-state index contributed by atoms with van der Waals surface area (Å²) in [5.74, 6) is -5.03. The van der Waals surface area contributed by atoms with Crippen LogP contribution in [0.3, 0.4) is 0 Å². The zero-order valence-electron chi connectivity index (χ0n) is 24.8. The molecule has 0 unspecified atom stereocenters. The van der Waals surface area contributed by atoms with Crippen molar-refractivity contribution >= 4 is 28.9 Å². The SMILES string of the molecule is O=C(O)CC(=O)OC[C@H]1O[C@@H](Oc2ccc(-c3cc(=O)c4c(O)cc(O[C@@H]5O[C@H](C(=O)O)[C@@H](O)[C@H](O)[C@H]5O)cc4o3)cc2)[C@H](O)[C@H](O)[C@H]1O. The first-order chi connectivity index (χ1) is 23.1. The number of esters is 1. The highest BCUT2D eigenvalue weighted by Crippen LogP contribution is 2.34. The van der Waals surface area contributed by atoms with Crippen LogP contribution in [0, 0.1) is 0 Å². The first kappa shape index (κ1) is 35.4. The molecule has 9 N–H and O–H groups in total. The molecular formula is C30H30O19. The van der Waals surface area contributed by atoms with Crippen molar-refractivity contribution in [3.63, 3.8) is 0 Å². The number of phenolic OH excluding ortho intramolecular Hbond substituents is 1. The quantitative estimate of drug-likeness (QED) is 0.0792. The molecular weight excluding hydrogens is 664 g/mol. The number of phenols is 1. The van der Waals surface area contributed by atoms with Gasteiger partial charge in [-0.15, -0.1) is 0 Å². The van der Waals surface area contributed by atoms with E-state index >= 15 is 0 Å². The summed E-state index contributed by atoms with van der Waals surface area (Å²) < 4.78 is 32.1. The van der Waals surface area contributed by atoms with E-state index in [2.05, 4.69) is 0 Å². The minimum absolute atomic E-state index is 0.0187. The van der Waals surface area contributed by atoms with Gasteiger partial charge in [0, 0.05) is 23.8 Å². The van der Waals surface area contributed by atoms with Gasteiger partial charge < -0.3 is 74.1 Å². The molecule has 19 heteroatoms. The van der Waals surface area contributed by atoms with E-state index in [0.717, 1.165) is 18.2 Å². The molecule has 0 amide bonds. The Morgan fingerprint density at radius 1 is 0.735 bits per heavy atom. The third kappa shape index (κ3) is 7.58. The van der Waals surface area contributed by atoms with Crippen molar-refractivity contribution in [1.82, 2.24) is 0 Å². The summed E-state index contributed by atoms with van der Waals surface area (Å²) in [5.41, 5.74) is -0.589. The first-order valence-corrected chi connectivity index (χ1v) is 14.4. The van der Waals surface area contributed by atoms with E-state index in [1.807, 2.05) is 0 Å². The van der Waals surface area contributed by atoms with Crippen LogP contribution in [0.5, 0.6) is 17.2 Å². The fraction of sp³-hybridized carbons (Fsp3) is 0.400. The van der Waals surface area contributed by atoms with Crippen LogP contribution in [0.1, 0.15) is 6.42 Å². The summed E-state index contributed by atoms with van der Waals surface area (Å²) in [7, 11) is 0. The van der Waals surface area contributed by atoms with Gasteiger partial charge in [-0.1, -0.05) is 0 Å². The highest BCUT2D eigenvalue weighted by molar-refractivity contribution is 5.90. The summed E-state index contributed by atoms with van der Waals surface area (Å²) in [6.07, 6.45) is -18.7. The van der Waals surface area contributed by atoms with Crippen molar-refractivity contribution < 1.29 is 88.4 Å². The van der Waals surface area contributed by atoms with Crippen molar-refractivity contribution in [2.24, 2.45) is 0 Å². The Hall–Kier alpha value is -4.86. The summed E-state index contributed by atoms with van der Waals surface area (Å²) >= 11 is 0. The van der Waals surface area contributed by atoms with E-state index < -0.39 is 104 Å². The number of ether oxygens (including phenoxy) is 5. The Morgan fingerprint density at radius 3 is 1.98 bits per heavy atom. The number of aliphatic carboxylic acids is 2. The van der Waals surface area contributed by atoms with E-state index in [9.17, 15) is 60.0 Å². The van der Waals surface area contributed by atoms with Crippen molar-refractivity contribution in [2.45, 2.75) is 67.8 Å². The van der Waals surface area contributed by atoms with Crippen LogP contribution in [-0.4, -0.2) is 132 Å². The Balaban J connectivity index is 1.32. The fourth-order valence-electron chi connectivity index (χ4n) is 5.07. The summed E-state index contributed by atoms with van der Waals surface area (Å²) in [4.78, 5) is 46.5. The van der Waals surface area contributed by atoms with Gasteiger partial charge in [0.15, 0.2) is 11.5 Å². The number of carboxylic acid groups (broad SMARTS) is 2. The average Bonchev–Trinajstić information content (AvgIpc) is 3.04. The maximum atomic E-state index is 12.9. The third-order valence-corrected chi connectivity index (χ3v) is 7.61. The number of fused-ring (bicyclic) bond motifs is 1. The molecule has 1 aromatic heterocycles. The topological polar surface area (TPSA) is 310 Å². The highest BCUT2D eigenvalue weighted by Gasteiger charge is 2.48. The zero-order valence-corrected chi connectivity index (χ0v) is 24.8. The number of benzene rings is 2. The lowest BCUT2D eigenvalue weighted by atomic mass is 9.99. The van der Waals surface area contributed by atoms with Gasteiger partial charge in [-0.25, -0.2) is 4.79 Å². The van der Waals surface area contributed by atoms with Crippen LogP contribution in [-0.2, 0) is 28.6 Å². The number of hydrogen-bond acceptors (Lipinski definition) is 17. The first-order valence-electron chi connectivity index (χ1n) is 14.4. The number of rotatable bonds is 10. The molecule has 2 aliphatic heterocycles. The predicted molar refractivity (Wildman–Crippen MR) is 155 cm³/mol. The summed E-state index contributed by atoms with van der Waals surface area (Å²) in [6, 6.07) is 8.77. The summed E-state index contributed by atoms with van der Waals surface area (Å²) in [6.45, 7) is -0.651. The van der Waals surface area contributed by atoms with Gasteiger partial charge in [-0.05, 0) is 24.3 Å². The molecule has 2 aliphatic rings. The molecule has 10 atom stereocenters. The maximum Gasteiger partial charge on any atom is 0.335 e. The number of aliphatic hydroxyl groups excluding tert-OH is 6. The average molecular weight is 695 g/mol. The molecule has 0 spiro atoms. The molecule has 0 saturated carbocycles. The lowest BCUT2D eigenvalue weighted by Gasteiger charge is -2.39. The van der Waals surface area contributed by atoms with E-state index in [1.54, 1.807) is 0 Å².